The van der Waals surface area contributed by atoms with Gasteiger partial charge in [0.2, 0.25) is 0 Å². The van der Waals surface area contributed by atoms with Crippen LogP contribution in [0.25, 0.3) is 22.3 Å². The van der Waals surface area contributed by atoms with Gasteiger partial charge in [-0.2, -0.15) is 10.2 Å². The minimum atomic E-state index is -2.89. The first-order valence-electron chi connectivity index (χ1n) is 12.8. The molecule has 3 aliphatic rings. The molecule has 2 aliphatic heterocycles. The second-order valence-corrected chi connectivity index (χ2v) is 11.1. The van der Waals surface area contributed by atoms with E-state index in [1.165, 1.54) is 24.9 Å². The number of rotatable bonds is 6. The zero-order valence-electron chi connectivity index (χ0n) is 21.6. The maximum atomic E-state index is 14.7. The molecule has 0 aromatic carbocycles. The normalized spacial score (nSPS) is 20.7. The average molecular weight is 533 g/mol. The number of hydrogen-bond donors (Lipinski definition) is 2. The molecule has 0 bridgehead atoms. The van der Waals surface area contributed by atoms with Gasteiger partial charge in [0.15, 0.2) is 5.82 Å². The van der Waals surface area contributed by atoms with Crippen molar-refractivity contribution in [2.24, 2.45) is 0 Å². The molecule has 2 N–H and O–H groups in total. The first kappa shape index (κ1) is 25.0. The summed E-state index contributed by atoms with van der Waals surface area (Å²) in [7, 11) is 1.67. The average Bonchev–Trinajstić information content (AvgIpc) is 3.38. The molecule has 1 aliphatic carbocycles. The molecule has 204 valence electrons. The lowest BCUT2D eigenvalue weighted by Gasteiger charge is -2.41. The van der Waals surface area contributed by atoms with Crippen LogP contribution in [0, 0.1) is 0 Å². The number of pyridine rings is 1. The molecule has 38 heavy (non-hydrogen) atoms. The highest BCUT2D eigenvalue weighted by Crippen LogP contribution is 2.57. The third-order valence-electron chi connectivity index (χ3n) is 7.80. The molecule has 2 amide bonds. The molecule has 0 radical (unpaired) electrons. The molecular formula is C25H31F3N8O2. The number of methoxy groups -OCH3 is 1. The number of nitrogens with one attached hydrogen (secondary N) is 2. The quantitative estimate of drug-likeness (QED) is 0.493. The highest BCUT2D eigenvalue weighted by Gasteiger charge is 2.67. The first-order chi connectivity index (χ1) is 18.0. The monoisotopic (exact) mass is 532 g/mol. The van der Waals surface area contributed by atoms with Gasteiger partial charge in [0, 0.05) is 39.4 Å². The van der Waals surface area contributed by atoms with Crippen molar-refractivity contribution in [3.05, 3.63) is 18.5 Å². The van der Waals surface area contributed by atoms with Gasteiger partial charge in [-0.1, -0.05) is 0 Å². The van der Waals surface area contributed by atoms with E-state index in [4.69, 9.17) is 9.84 Å². The Kier molecular flexibility index (Phi) is 5.64. The molecular weight excluding hydrogens is 501 g/mol. The van der Waals surface area contributed by atoms with E-state index in [0.717, 1.165) is 5.39 Å². The second-order valence-electron chi connectivity index (χ2n) is 11.1. The predicted octanol–water partition coefficient (Wildman–Crippen LogP) is 4.20. The summed E-state index contributed by atoms with van der Waals surface area (Å²) in [4.78, 5) is 21.0. The molecule has 1 spiro atoms. The Morgan fingerprint density at radius 1 is 1.26 bits per heavy atom. The number of carbonyl (C=O) groups excluding carboxylic acids is 1. The van der Waals surface area contributed by atoms with Crippen LogP contribution in [0.4, 0.5) is 29.5 Å². The number of H-pyrrole nitrogens is 1. The Hall–Kier alpha value is -3.35. The first-order valence-corrected chi connectivity index (χ1v) is 12.8. The number of fused-ring (bicyclic) bond motifs is 1. The van der Waals surface area contributed by atoms with E-state index in [2.05, 4.69) is 25.4 Å². The van der Waals surface area contributed by atoms with Crippen LogP contribution in [-0.2, 0) is 11.3 Å². The number of halogens is 3. The van der Waals surface area contributed by atoms with Crippen molar-refractivity contribution in [1.82, 2.24) is 29.9 Å². The summed E-state index contributed by atoms with van der Waals surface area (Å²) in [6.07, 6.45) is 3.85. The van der Waals surface area contributed by atoms with Crippen LogP contribution in [0.1, 0.15) is 39.5 Å². The molecule has 3 aromatic rings. The smallest absolute Gasteiger partial charge is 0.322 e. The Balaban J connectivity index is 1.31. The molecule has 3 aromatic heterocycles. The number of urea groups is 1. The summed E-state index contributed by atoms with van der Waals surface area (Å²) in [6, 6.07) is 1.19. The molecule has 5 heterocycles. The van der Waals surface area contributed by atoms with Crippen molar-refractivity contribution in [3.8, 4) is 11.4 Å². The Bertz CT molecular complexity index is 1370. The fraction of sp³-hybridized carbons (Fsp3) is 0.600. The SMILES string of the molecule is COC1CN(c2nn(CC(C)(C)F)c3cc(-c4[nH]ncc4NC(=O)N4CCCC(F)(F)C45CC5)ncc23)C1. The van der Waals surface area contributed by atoms with Crippen LogP contribution in [0.3, 0.4) is 0 Å². The summed E-state index contributed by atoms with van der Waals surface area (Å²) in [5.74, 6) is -2.19. The number of piperidine rings is 1. The van der Waals surface area contributed by atoms with E-state index < -0.39 is 23.2 Å². The minimum absolute atomic E-state index is 0.0341. The van der Waals surface area contributed by atoms with Crippen molar-refractivity contribution in [2.45, 2.75) is 69.3 Å². The van der Waals surface area contributed by atoms with Crippen molar-refractivity contribution in [1.29, 1.82) is 0 Å². The number of amides is 2. The fourth-order valence-electron chi connectivity index (χ4n) is 5.57. The molecule has 10 nitrogen and oxygen atoms in total. The molecule has 0 atom stereocenters. The third kappa shape index (κ3) is 4.07. The van der Waals surface area contributed by atoms with E-state index in [-0.39, 0.29) is 32.0 Å². The molecule has 0 unspecified atom stereocenters. The number of anilines is 2. The lowest BCUT2D eigenvalue weighted by Crippen LogP contribution is -2.57. The van der Waals surface area contributed by atoms with Gasteiger partial charge in [-0.15, -0.1) is 0 Å². The van der Waals surface area contributed by atoms with Gasteiger partial charge < -0.3 is 19.9 Å². The maximum absolute atomic E-state index is 14.7. The zero-order valence-corrected chi connectivity index (χ0v) is 21.6. The number of aromatic amines is 1. The van der Waals surface area contributed by atoms with E-state index in [1.54, 1.807) is 24.1 Å². The number of nitrogens with zero attached hydrogens (tertiary/aromatic N) is 6. The molecule has 1 saturated carbocycles. The highest BCUT2D eigenvalue weighted by atomic mass is 19.3. The molecule has 2 saturated heterocycles. The lowest BCUT2D eigenvalue weighted by molar-refractivity contribution is -0.111. The highest BCUT2D eigenvalue weighted by molar-refractivity contribution is 5.96. The van der Waals surface area contributed by atoms with Crippen LogP contribution in [0.15, 0.2) is 18.5 Å². The summed E-state index contributed by atoms with van der Waals surface area (Å²) >= 11 is 0. The van der Waals surface area contributed by atoms with Crippen LogP contribution >= 0.6 is 0 Å². The van der Waals surface area contributed by atoms with Gasteiger partial charge in [-0.05, 0) is 39.2 Å². The Morgan fingerprint density at radius 3 is 2.71 bits per heavy atom. The van der Waals surface area contributed by atoms with Crippen LogP contribution in [0.5, 0.6) is 0 Å². The van der Waals surface area contributed by atoms with Crippen molar-refractivity contribution >= 4 is 28.4 Å². The Morgan fingerprint density at radius 2 is 2.03 bits per heavy atom. The van der Waals surface area contributed by atoms with Gasteiger partial charge in [0.1, 0.15) is 16.9 Å². The summed E-state index contributed by atoms with van der Waals surface area (Å²) in [5, 5.41) is 15.1. The summed E-state index contributed by atoms with van der Waals surface area (Å²) < 4.78 is 50.9. The van der Waals surface area contributed by atoms with E-state index in [0.29, 0.717) is 54.3 Å². The van der Waals surface area contributed by atoms with Crippen LogP contribution < -0.4 is 10.2 Å². The number of likely N-dealkylation sites (tertiary alicyclic amines) is 1. The van der Waals surface area contributed by atoms with Gasteiger partial charge >= 0.3 is 6.03 Å². The number of alkyl halides is 3. The fourth-order valence-corrected chi connectivity index (χ4v) is 5.57. The Labute approximate surface area is 217 Å². The largest absolute Gasteiger partial charge is 0.378 e. The number of ether oxygens (including phenoxy) is 1. The van der Waals surface area contributed by atoms with Gasteiger partial charge in [-0.25, -0.2) is 18.0 Å². The van der Waals surface area contributed by atoms with Crippen LogP contribution in [0.2, 0.25) is 0 Å². The predicted molar refractivity (Wildman–Crippen MR) is 135 cm³/mol. The minimum Gasteiger partial charge on any atom is -0.378 e. The standard InChI is InChI=1S/C25H31F3N8O2/c1-23(2,26)14-36-19-9-17(29-10-16(19)21(33-36)34-12-15(13-34)38-3)20-18(11-30-32-20)31-22(37)35-8-4-5-25(27,28)24(35)6-7-24/h9-11,15H,4-8,12-14H2,1-3H3,(H,30,32)(H,31,37). The maximum Gasteiger partial charge on any atom is 0.322 e. The summed E-state index contributed by atoms with van der Waals surface area (Å²) in [6.45, 7) is 4.65. The van der Waals surface area contributed by atoms with Crippen molar-refractivity contribution < 1.29 is 22.7 Å². The number of carbonyl (C=O) groups is 1. The van der Waals surface area contributed by atoms with Crippen molar-refractivity contribution in [3.63, 3.8) is 0 Å². The van der Waals surface area contributed by atoms with Gasteiger partial charge in [0.25, 0.3) is 5.92 Å². The third-order valence-corrected chi connectivity index (χ3v) is 7.80. The van der Waals surface area contributed by atoms with Gasteiger partial charge in [0.05, 0.1) is 41.1 Å². The summed E-state index contributed by atoms with van der Waals surface area (Å²) in [5.41, 5.74) is -1.02. The topological polar surface area (TPSA) is 104 Å². The molecule has 13 heteroatoms. The molecule has 6 rings (SSSR count). The van der Waals surface area contributed by atoms with Crippen molar-refractivity contribution in [2.75, 3.05) is 37.0 Å². The van der Waals surface area contributed by atoms with Crippen LogP contribution in [-0.4, -0.2) is 85.9 Å². The van der Waals surface area contributed by atoms with E-state index >= 15 is 0 Å². The van der Waals surface area contributed by atoms with E-state index in [1.807, 2.05) is 0 Å². The second kappa shape index (κ2) is 8.58. The van der Waals surface area contributed by atoms with E-state index in [9.17, 15) is 18.0 Å². The number of hydrogen-bond acceptors (Lipinski definition) is 6. The van der Waals surface area contributed by atoms with Gasteiger partial charge in [-0.3, -0.25) is 14.8 Å². The zero-order chi connectivity index (χ0) is 26.9. The lowest BCUT2D eigenvalue weighted by atomic mass is 9.95. The molecule has 3 fully saturated rings. The number of aromatic nitrogens is 5.